The fourth-order valence-electron chi connectivity index (χ4n) is 2.74. The van der Waals surface area contributed by atoms with Crippen molar-refractivity contribution >= 4 is 29.7 Å². The Hall–Kier alpha value is -3.48. The maximum Gasteiger partial charge on any atom is 0.326 e. The number of carbonyl (C=O) groups is 5. The van der Waals surface area contributed by atoms with E-state index in [0.717, 1.165) is 0 Å². The molecule has 0 aliphatic heterocycles. The van der Waals surface area contributed by atoms with E-state index < -0.39 is 54.3 Å². The summed E-state index contributed by atoms with van der Waals surface area (Å²) in [6, 6.07) is -3.32. The van der Waals surface area contributed by atoms with Crippen molar-refractivity contribution in [2.45, 2.75) is 57.7 Å². The number of nitrogens with one attached hydrogen (secondary N) is 4. The van der Waals surface area contributed by atoms with Crippen LogP contribution in [0, 0.1) is 5.92 Å². The summed E-state index contributed by atoms with van der Waals surface area (Å²) in [5, 5.41) is 25.1. The molecule has 0 aromatic carbocycles. The number of nitrogens with zero attached hydrogens (tertiary/aromatic N) is 1. The molecule has 178 valence electrons. The predicted molar refractivity (Wildman–Crippen MR) is 111 cm³/mol. The summed E-state index contributed by atoms with van der Waals surface area (Å²) in [5.41, 5.74) is 6.19. The molecule has 32 heavy (non-hydrogen) atoms. The van der Waals surface area contributed by atoms with E-state index in [-0.39, 0.29) is 31.6 Å². The van der Waals surface area contributed by atoms with Gasteiger partial charge in [-0.25, -0.2) is 9.78 Å². The molecule has 0 spiro atoms. The van der Waals surface area contributed by atoms with Crippen LogP contribution in [0.5, 0.6) is 0 Å². The number of carboxylic acids is 2. The third kappa shape index (κ3) is 10.0. The second kappa shape index (κ2) is 13.0. The van der Waals surface area contributed by atoms with Crippen LogP contribution < -0.4 is 21.7 Å². The number of amides is 3. The van der Waals surface area contributed by atoms with Gasteiger partial charge in [-0.05, 0) is 18.8 Å². The first-order valence-electron chi connectivity index (χ1n) is 10.0. The molecule has 13 nitrogen and oxygen atoms in total. The lowest BCUT2D eigenvalue weighted by Crippen LogP contribution is -2.54. The van der Waals surface area contributed by atoms with Gasteiger partial charge in [0, 0.05) is 24.7 Å². The van der Waals surface area contributed by atoms with E-state index in [0.29, 0.717) is 5.69 Å². The Bertz CT molecular complexity index is 796. The fraction of sp³-hybridized carbons (Fsp3) is 0.579. The number of hydrogen-bond acceptors (Lipinski definition) is 7. The number of nitrogens with two attached hydrogens (primary N) is 1. The molecule has 0 bridgehead atoms. The Morgan fingerprint density at radius 1 is 1.09 bits per heavy atom. The van der Waals surface area contributed by atoms with Gasteiger partial charge < -0.3 is 36.9 Å². The summed E-state index contributed by atoms with van der Waals surface area (Å²) in [6.45, 7) is 3.16. The van der Waals surface area contributed by atoms with Gasteiger partial charge in [-0.2, -0.15) is 0 Å². The number of aliphatic carboxylic acids is 2. The first kappa shape index (κ1) is 26.6. The molecule has 1 aromatic rings. The van der Waals surface area contributed by atoms with Crippen LogP contribution in [0.1, 0.15) is 38.8 Å². The monoisotopic (exact) mass is 454 g/mol. The third-order valence-electron chi connectivity index (χ3n) is 4.38. The van der Waals surface area contributed by atoms with Crippen LogP contribution in [-0.2, 0) is 30.4 Å². The number of aromatic amines is 1. The Morgan fingerprint density at radius 2 is 1.78 bits per heavy atom. The van der Waals surface area contributed by atoms with Crippen LogP contribution in [0.3, 0.4) is 0 Å². The van der Waals surface area contributed by atoms with Crippen molar-refractivity contribution in [3.05, 3.63) is 18.2 Å². The number of H-pyrrole nitrogens is 1. The molecular formula is C19H30N6O7. The zero-order valence-corrected chi connectivity index (χ0v) is 18.0. The second-order valence-corrected chi connectivity index (χ2v) is 7.69. The lowest BCUT2D eigenvalue weighted by molar-refractivity contribution is -0.142. The number of hydrogen-bond donors (Lipinski definition) is 7. The van der Waals surface area contributed by atoms with E-state index in [2.05, 4.69) is 25.9 Å². The molecule has 0 saturated heterocycles. The Kier molecular flexibility index (Phi) is 10.8. The van der Waals surface area contributed by atoms with Gasteiger partial charge in [0.25, 0.3) is 0 Å². The summed E-state index contributed by atoms with van der Waals surface area (Å²) in [4.78, 5) is 65.4. The average Bonchev–Trinajstić information content (AvgIpc) is 3.21. The van der Waals surface area contributed by atoms with Crippen molar-refractivity contribution in [3.63, 3.8) is 0 Å². The van der Waals surface area contributed by atoms with Crippen LogP contribution in [0.25, 0.3) is 0 Å². The van der Waals surface area contributed by atoms with Crippen molar-refractivity contribution in [1.29, 1.82) is 0 Å². The topological polar surface area (TPSA) is 217 Å². The van der Waals surface area contributed by atoms with E-state index in [1.54, 1.807) is 0 Å². The third-order valence-corrected chi connectivity index (χ3v) is 4.38. The Balaban J connectivity index is 2.62. The molecule has 1 heterocycles. The van der Waals surface area contributed by atoms with E-state index >= 15 is 0 Å². The standard InChI is InChI=1S/C19H30N6O7/c1-10(2)5-13(25-17(29)12(20)3-4-16(27)28)18(30)22-8-15(26)24-14(19(31)32)6-11-7-21-9-23-11/h7,9-10,12-14H,3-6,8,20H2,1-2H3,(H,21,23)(H,22,30)(H,24,26)(H,25,29)(H,27,28)(H,31,32). The number of imidazole rings is 1. The number of carboxylic acid groups (broad SMARTS) is 2. The zero-order valence-electron chi connectivity index (χ0n) is 18.0. The van der Waals surface area contributed by atoms with Crippen molar-refractivity contribution in [2.24, 2.45) is 11.7 Å². The van der Waals surface area contributed by atoms with Crippen molar-refractivity contribution in [3.8, 4) is 0 Å². The van der Waals surface area contributed by atoms with Crippen LogP contribution in [0.15, 0.2) is 12.5 Å². The summed E-state index contributed by atoms with van der Waals surface area (Å²) >= 11 is 0. The van der Waals surface area contributed by atoms with Gasteiger partial charge in [0.05, 0.1) is 18.9 Å². The minimum absolute atomic E-state index is 0.0147. The van der Waals surface area contributed by atoms with Crippen LogP contribution in [-0.4, -0.2) is 74.5 Å². The molecule has 0 aliphatic carbocycles. The summed E-state index contributed by atoms with van der Waals surface area (Å²) < 4.78 is 0. The van der Waals surface area contributed by atoms with Gasteiger partial charge in [0.2, 0.25) is 17.7 Å². The highest BCUT2D eigenvalue weighted by Crippen LogP contribution is 2.06. The van der Waals surface area contributed by atoms with Gasteiger partial charge in [0.15, 0.2) is 0 Å². The number of carbonyl (C=O) groups excluding carboxylic acids is 3. The molecule has 13 heteroatoms. The Morgan fingerprint density at radius 3 is 2.31 bits per heavy atom. The van der Waals surface area contributed by atoms with E-state index in [1.807, 2.05) is 13.8 Å². The van der Waals surface area contributed by atoms with Gasteiger partial charge in [-0.15, -0.1) is 0 Å². The van der Waals surface area contributed by atoms with Gasteiger partial charge in [-0.1, -0.05) is 13.8 Å². The second-order valence-electron chi connectivity index (χ2n) is 7.69. The summed E-state index contributed by atoms with van der Waals surface area (Å²) in [5.74, 6) is -4.38. The van der Waals surface area contributed by atoms with Crippen molar-refractivity contribution in [2.75, 3.05) is 6.54 Å². The minimum Gasteiger partial charge on any atom is -0.481 e. The number of aromatic nitrogens is 2. The molecule has 0 radical (unpaired) electrons. The molecule has 1 rings (SSSR count). The average molecular weight is 454 g/mol. The van der Waals surface area contributed by atoms with Crippen molar-refractivity contribution in [1.82, 2.24) is 25.9 Å². The highest BCUT2D eigenvalue weighted by Gasteiger charge is 2.26. The summed E-state index contributed by atoms with van der Waals surface area (Å²) in [6.07, 6.45) is 2.67. The smallest absolute Gasteiger partial charge is 0.326 e. The molecule has 0 saturated carbocycles. The molecule has 0 fully saturated rings. The minimum atomic E-state index is -1.25. The predicted octanol–water partition coefficient (Wildman–Crippen LogP) is -1.64. The van der Waals surface area contributed by atoms with E-state index in [9.17, 15) is 29.1 Å². The first-order chi connectivity index (χ1) is 15.0. The quantitative estimate of drug-likeness (QED) is 0.171. The molecule has 3 amide bonds. The Labute approximate surface area is 184 Å². The largest absolute Gasteiger partial charge is 0.481 e. The maximum absolute atomic E-state index is 12.5. The molecule has 0 aliphatic rings. The lowest BCUT2D eigenvalue weighted by Gasteiger charge is -2.22. The highest BCUT2D eigenvalue weighted by molar-refractivity contribution is 5.92. The van der Waals surface area contributed by atoms with Crippen LogP contribution >= 0.6 is 0 Å². The number of rotatable bonds is 14. The van der Waals surface area contributed by atoms with Crippen molar-refractivity contribution < 1.29 is 34.2 Å². The van der Waals surface area contributed by atoms with Gasteiger partial charge in [-0.3, -0.25) is 19.2 Å². The molecule has 1 aromatic heterocycles. The summed E-state index contributed by atoms with van der Waals surface area (Å²) in [7, 11) is 0. The van der Waals surface area contributed by atoms with Gasteiger partial charge in [0.1, 0.15) is 12.1 Å². The van der Waals surface area contributed by atoms with Crippen LogP contribution in [0.4, 0.5) is 0 Å². The fourth-order valence-corrected chi connectivity index (χ4v) is 2.74. The van der Waals surface area contributed by atoms with Crippen LogP contribution in [0.2, 0.25) is 0 Å². The SMILES string of the molecule is CC(C)CC(NC(=O)C(N)CCC(=O)O)C(=O)NCC(=O)NC(Cc1cnc[nH]1)C(=O)O. The highest BCUT2D eigenvalue weighted by atomic mass is 16.4. The zero-order chi connectivity index (χ0) is 24.3. The van der Waals surface area contributed by atoms with E-state index in [4.69, 9.17) is 10.8 Å². The normalized spacial score (nSPS) is 13.6. The molecule has 3 unspecified atom stereocenters. The van der Waals surface area contributed by atoms with Gasteiger partial charge >= 0.3 is 11.9 Å². The first-order valence-corrected chi connectivity index (χ1v) is 10.0. The molecule has 8 N–H and O–H groups in total. The maximum atomic E-state index is 12.5. The lowest BCUT2D eigenvalue weighted by atomic mass is 10.0. The molecular weight excluding hydrogens is 424 g/mol. The van der Waals surface area contributed by atoms with E-state index in [1.165, 1.54) is 12.5 Å². The molecule has 3 atom stereocenters.